The van der Waals surface area contributed by atoms with Crippen LogP contribution < -0.4 is 10.5 Å². The fraction of sp³-hybridized carbons (Fsp3) is 0.200. The number of nitrogens with two attached hydrogens (primary N) is 1. The fourth-order valence-electron chi connectivity index (χ4n) is 1.17. The van der Waals surface area contributed by atoms with Gasteiger partial charge in [0.05, 0.1) is 11.6 Å². The lowest BCUT2D eigenvalue weighted by Crippen LogP contribution is -2.00. The van der Waals surface area contributed by atoms with E-state index in [2.05, 4.69) is 10.1 Å². The van der Waals surface area contributed by atoms with Crippen LogP contribution in [0.3, 0.4) is 0 Å². The molecule has 7 heteroatoms. The van der Waals surface area contributed by atoms with Gasteiger partial charge in [-0.2, -0.15) is 4.98 Å². The summed E-state index contributed by atoms with van der Waals surface area (Å²) in [5.74, 6) is 1.29. The number of hydrogen-bond acceptors (Lipinski definition) is 5. The maximum Gasteiger partial charge on any atom is 0.240 e. The second kappa shape index (κ2) is 5.35. The Hall–Kier alpha value is -1.30. The largest absolute Gasteiger partial charge is 0.484 e. The van der Waals surface area contributed by atoms with Crippen molar-refractivity contribution >= 4 is 23.2 Å². The molecular weight excluding hydrogens is 265 g/mol. The standard InChI is InChI=1S/C10H9Cl2N3O2/c11-6-1-2-8(7(12)3-6)16-5-9-14-10(4-13)17-15-9/h1-3H,4-5,13H2. The second-order valence-electron chi connectivity index (χ2n) is 3.17. The number of halogens is 2. The summed E-state index contributed by atoms with van der Waals surface area (Å²) in [4.78, 5) is 3.99. The van der Waals surface area contributed by atoms with E-state index in [1.807, 2.05) is 0 Å². The van der Waals surface area contributed by atoms with Gasteiger partial charge < -0.3 is 15.0 Å². The monoisotopic (exact) mass is 273 g/mol. The first kappa shape index (κ1) is 12.2. The number of aromatic nitrogens is 2. The lowest BCUT2D eigenvalue weighted by Gasteiger charge is -2.05. The molecule has 0 saturated heterocycles. The predicted molar refractivity (Wildman–Crippen MR) is 63.0 cm³/mol. The molecule has 17 heavy (non-hydrogen) atoms. The summed E-state index contributed by atoms with van der Waals surface area (Å²) in [6.45, 7) is 0.361. The van der Waals surface area contributed by atoms with Gasteiger partial charge in [-0.15, -0.1) is 0 Å². The van der Waals surface area contributed by atoms with Crippen LogP contribution in [0.1, 0.15) is 11.7 Å². The van der Waals surface area contributed by atoms with Gasteiger partial charge in [-0.1, -0.05) is 28.4 Å². The van der Waals surface area contributed by atoms with Crippen LogP contribution >= 0.6 is 23.2 Å². The minimum Gasteiger partial charge on any atom is -0.484 e. The quantitative estimate of drug-likeness (QED) is 0.926. The molecule has 0 amide bonds. The minimum atomic E-state index is 0.158. The topological polar surface area (TPSA) is 74.2 Å². The molecule has 0 spiro atoms. The highest BCUT2D eigenvalue weighted by molar-refractivity contribution is 6.35. The highest BCUT2D eigenvalue weighted by Crippen LogP contribution is 2.27. The first-order chi connectivity index (χ1) is 8.19. The summed E-state index contributed by atoms with van der Waals surface area (Å²) >= 11 is 11.7. The zero-order valence-electron chi connectivity index (χ0n) is 8.69. The average molecular weight is 274 g/mol. The Morgan fingerprint density at radius 2 is 2.18 bits per heavy atom. The number of ether oxygens (including phenoxy) is 1. The highest BCUT2D eigenvalue weighted by atomic mass is 35.5. The molecule has 0 radical (unpaired) electrons. The number of benzene rings is 1. The van der Waals surface area contributed by atoms with Gasteiger partial charge in [0, 0.05) is 5.02 Å². The Balaban J connectivity index is 2.02. The lowest BCUT2D eigenvalue weighted by atomic mass is 10.3. The zero-order valence-corrected chi connectivity index (χ0v) is 10.2. The van der Waals surface area contributed by atoms with Crippen molar-refractivity contribution in [2.24, 2.45) is 5.73 Å². The molecule has 0 saturated carbocycles. The molecule has 0 aliphatic rings. The van der Waals surface area contributed by atoms with E-state index in [1.165, 1.54) is 0 Å². The SMILES string of the molecule is NCc1nc(COc2ccc(Cl)cc2Cl)no1. The molecule has 1 heterocycles. The van der Waals surface area contributed by atoms with Gasteiger partial charge in [-0.25, -0.2) is 0 Å². The van der Waals surface area contributed by atoms with E-state index in [4.69, 9.17) is 38.2 Å². The van der Waals surface area contributed by atoms with Crippen molar-refractivity contribution in [3.8, 4) is 5.75 Å². The average Bonchev–Trinajstić information content (AvgIpc) is 2.76. The van der Waals surface area contributed by atoms with Gasteiger partial charge >= 0.3 is 0 Å². The van der Waals surface area contributed by atoms with Crippen molar-refractivity contribution in [2.45, 2.75) is 13.2 Å². The fourth-order valence-corrected chi connectivity index (χ4v) is 1.63. The summed E-state index contributed by atoms with van der Waals surface area (Å²) < 4.78 is 10.3. The summed E-state index contributed by atoms with van der Waals surface area (Å²) in [7, 11) is 0. The summed E-state index contributed by atoms with van der Waals surface area (Å²) in [5.41, 5.74) is 5.34. The van der Waals surface area contributed by atoms with Gasteiger partial charge in [0.2, 0.25) is 11.7 Å². The predicted octanol–water partition coefficient (Wildman–Crippen LogP) is 2.41. The van der Waals surface area contributed by atoms with Crippen LogP contribution in [-0.4, -0.2) is 10.1 Å². The van der Waals surface area contributed by atoms with Crippen LogP contribution in [0.15, 0.2) is 22.7 Å². The summed E-state index contributed by atoms with van der Waals surface area (Å²) in [6.07, 6.45) is 0. The molecule has 0 fully saturated rings. The van der Waals surface area contributed by atoms with Gasteiger partial charge in [-0.05, 0) is 18.2 Å². The van der Waals surface area contributed by atoms with Crippen LogP contribution in [0.4, 0.5) is 0 Å². The first-order valence-corrected chi connectivity index (χ1v) is 5.54. The second-order valence-corrected chi connectivity index (χ2v) is 4.02. The van der Waals surface area contributed by atoms with Gasteiger partial charge in [0.25, 0.3) is 0 Å². The normalized spacial score (nSPS) is 10.5. The Kier molecular flexibility index (Phi) is 3.83. The molecule has 0 unspecified atom stereocenters. The molecule has 2 rings (SSSR count). The molecule has 0 aliphatic heterocycles. The molecular formula is C10H9Cl2N3O2. The molecule has 90 valence electrons. The molecule has 2 N–H and O–H groups in total. The first-order valence-electron chi connectivity index (χ1n) is 4.78. The molecule has 1 aromatic heterocycles. The van der Waals surface area contributed by atoms with E-state index >= 15 is 0 Å². The Morgan fingerprint density at radius 1 is 1.35 bits per heavy atom. The number of hydrogen-bond donors (Lipinski definition) is 1. The van der Waals surface area contributed by atoms with E-state index in [-0.39, 0.29) is 13.2 Å². The maximum atomic E-state index is 5.93. The van der Waals surface area contributed by atoms with Crippen LogP contribution in [0, 0.1) is 0 Å². The third kappa shape index (κ3) is 3.09. The Morgan fingerprint density at radius 3 is 2.82 bits per heavy atom. The zero-order chi connectivity index (χ0) is 12.3. The number of nitrogens with zero attached hydrogens (tertiary/aromatic N) is 2. The maximum absolute atomic E-state index is 5.93. The third-order valence-electron chi connectivity index (χ3n) is 1.94. The molecule has 2 aromatic rings. The van der Waals surface area contributed by atoms with Gasteiger partial charge in [0.15, 0.2) is 6.61 Å². The third-order valence-corrected chi connectivity index (χ3v) is 2.47. The summed E-state index contributed by atoms with van der Waals surface area (Å²) in [6, 6.07) is 4.96. The van der Waals surface area contributed by atoms with Gasteiger partial charge in [-0.3, -0.25) is 0 Å². The Labute approximate surface area is 107 Å². The van der Waals surface area contributed by atoms with E-state index in [0.29, 0.717) is 27.5 Å². The van der Waals surface area contributed by atoms with Gasteiger partial charge in [0.1, 0.15) is 5.75 Å². The lowest BCUT2D eigenvalue weighted by molar-refractivity contribution is 0.285. The van der Waals surface area contributed by atoms with Crippen molar-refractivity contribution in [3.05, 3.63) is 40.0 Å². The van der Waals surface area contributed by atoms with E-state index in [9.17, 15) is 0 Å². The Bertz CT molecular complexity index is 516. The van der Waals surface area contributed by atoms with E-state index < -0.39 is 0 Å². The molecule has 0 aliphatic carbocycles. The van der Waals surface area contributed by atoms with Crippen molar-refractivity contribution in [2.75, 3.05) is 0 Å². The van der Waals surface area contributed by atoms with Crippen molar-refractivity contribution in [3.63, 3.8) is 0 Å². The minimum absolute atomic E-state index is 0.158. The number of rotatable bonds is 4. The molecule has 0 bridgehead atoms. The van der Waals surface area contributed by atoms with Crippen LogP contribution in [0.2, 0.25) is 10.0 Å². The van der Waals surface area contributed by atoms with Crippen molar-refractivity contribution < 1.29 is 9.26 Å². The van der Waals surface area contributed by atoms with E-state index in [1.54, 1.807) is 18.2 Å². The highest BCUT2D eigenvalue weighted by Gasteiger charge is 2.07. The molecule has 1 aromatic carbocycles. The summed E-state index contributed by atoms with van der Waals surface area (Å²) in [5, 5.41) is 4.67. The van der Waals surface area contributed by atoms with E-state index in [0.717, 1.165) is 0 Å². The van der Waals surface area contributed by atoms with Crippen LogP contribution in [-0.2, 0) is 13.2 Å². The van der Waals surface area contributed by atoms with Crippen LogP contribution in [0.25, 0.3) is 0 Å². The molecule has 0 atom stereocenters. The smallest absolute Gasteiger partial charge is 0.240 e. The molecule has 5 nitrogen and oxygen atoms in total. The van der Waals surface area contributed by atoms with Crippen molar-refractivity contribution in [1.82, 2.24) is 10.1 Å². The van der Waals surface area contributed by atoms with Crippen LogP contribution in [0.5, 0.6) is 5.75 Å². The van der Waals surface area contributed by atoms with Crippen molar-refractivity contribution in [1.29, 1.82) is 0 Å².